The minimum Gasteiger partial charge on any atom is -0.352 e. The molecule has 3 nitrogen and oxygen atoms in total. The normalized spacial score (nSPS) is 10.6. The number of hydrogen-bond acceptors (Lipinski definition) is 3. The molecule has 0 spiro atoms. The average Bonchev–Trinajstić information content (AvgIpc) is 3.04. The lowest BCUT2D eigenvalue weighted by Gasteiger charge is -2.04. The average molecular weight is 361 g/mol. The molecular formula is C18H14ClFN2OS. The summed E-state index contributed by atoms with van der Waals surface area (Å²) in [6, 6.07) is 13.4. The zero-order valence-corrected chi connectivity index (χ0v) is 14.2. The van der Waals surface area contributed by atoms with Crippen LogP contribution in [0.2, 0.25) is 5.02 Å². The number of halogens is 2. The number of carbonyl (C=O) groups excluding carboxylic acids is 1. The molecule has 0 saturated carbocycles. The maximum absolute atomic E-state index is 13.5. The molecule has 2 aromatic carbocycles. The Kier molecular flexibility index (Phi) is 5.23. The van der Waals surface area contributed by atoms with Gasteiger partial charge in [-0.1, -0.05) is 35.9 Å². The SMILES string of the molecule is O=C(NCCc1csc(-c2ccc(Cl)cc2)n1)c1ccccc1F. The summed E-state index contributed by atoms with van der Waals surface area (Å²) >= 11 is 7.42. The summed E-state index contributed by atoms with van der Waals surface area (Å²) in [5.74, 6) is -0.935. The fourth-order valence-electron chi connectivity index (χ4n) is 2.19. The fourth-order valence-corrected chi connectivity index (χ4v) is 3.18. The Balaban J connectivity index is 1.57. The maximum Gasteiger partial charge on any atom is 0.254 e. The minimum absolute atomic E-state index is 0.0534. The van der Waals surface area contributed by atoms with Crippen molar-refractivity contribution in [3.63, 3.8) is 0 Å². The highest BCUT2D eigenvalue weighted by molar-refractivity contribution is 7.13. The largest absolute Gasteiger partial charge is 0.352 e. The van der Waals surface area contributed by atoms with Gasteiger partial charge in [-0.15, -0.1) is 11.3 Å². The smallest absolute Gasteiger partial charge is 0.254 e. The van der Waals surface area contributed by atoms with Crippen molar-refractivity contribution in [2.24, 2.45) is 0 Å². The van der Waals surface area contributed by atoms with Gasteiger partial charge in [0.05, 0.1) is 11.3 Å². The van der Waals surface area contributed by atoms with Crippen LogP contribution in [-0.4, -0.2) is 17.4 Å². The van der Waals surface area contributed by atoms with Crippen LogP contribution in [0.4, 0.5) is 4.39 Å². The minimum atomic E-state index is -0.520. The van der Waals surface area contributed by atoms with E-state index in [9.17, 15) is 9.18 Å². The van der Waals surface area contributed by atoms with Crippen LogP contribution < -0.4 is 5.32 Å². The zero-order valence-electron chi connectivity index (χ0n) is 12.6. The Morgan fingerprint density at radius 2 is 1.92 bits per heavy atom. The molecule has 1 amide bonds. The van der Waals surface area contributed by atoms with E-state index >= 15 is 0 Å². The Hall–Kier alpha value is -2.24. The van der Waals surface area contributed by atoms with Crippen molar-refractivity contribution in [1.29, 1.82) is 0 Å². The molecule has 0 unspecified atom stereocenters. The number of nitrogens with one attached hydrogen (secondary N) is 1. The molecule has 24 heavy (non-hydrogen) atoms. The van der Waals surface area contributed by atoms with Crippen molar-refractivity contribution in [2.75, 3.05) is 6.54 Å². The van der Waals surface area contributed by atoms with Crippen molar-refractivity contribution in [1.82, 2.24) is 10.3 Å². The fraction of sp³-hybridized carbons (Fsp3) is 0.111. The summed E-state index contributed by atoms with van der Waals surface area (Å²) in [5.41, 5.74) is 1.95. The molecule has 0 aliphatic rings. The topological polar surface area (TPSA) is 42.0 Å². The lowest BCUT2D eigenvalue weighted by atomic mass is 10.2. The van der Waals surface area contributed by atoms with Crippen LogP contribution in [0.3, 0.4) is 0 Å². The van der Waals surface area contributed by atoms with Crippen molar-refractivity contribution >= 4 is 28.8 Å². The van der Waals surface area contributed by atoms with E-state index in [4.69, 9.17) is 11.6 Å². The van der Waals surface area contributed by atoms with Crippen molar-refractivity contribution < 1.29 is 9.18 Å². The monoisotopic (exact) mass is 360 g/mol. The first kappa shape index (κ1) is 16.6. The zero-order chi connectivity index (χ0) is 16.9. The first-order valence-corrected chi connectivity index (χ1v) is 8.62. The van der Waals surface area contributed by atoms with Crippen molar-refractivity contribution in [3.05, 3.63) is 76.0 Å². The van der Waals surface area contributed by atoms with Crippen LogP contribution in [0.5, 0.6) is 0 Å². The Labute approximate surface area is 148 Å². The van der Waals surface area contributed by atoms with E-state index in [-0.39, 0.29) is 5.56 Å². The molecule has 0 radical (unpaired) electrons. The van der Waals surface area contributed by atoms with Crippen LogP contribution in [0.15, 0.2) is 53.9 Å². The quantitative estimate of drug-likeness (QED) is 0.723. The van der Waals surface area contributed by atoms with E-state index < -0.39 is 11.7 Å². The van der Waals surface area contributed by atoms with Crippen molar-refractivity contribution in [3.8, 4) is 10.6 Å². The summed E-state index contributed by atoms with van der Waals surface area (Å²) in [6.45, 7) is 0.400. The van der Waals surface area contributed by atoms with E-state index in [0.29, 0.717) is 18.0 Å². The molecule has 3 aromatic rings. The van der Waals surface area contributed by atoms with Gasteiger partial charge >= 0.3 is 0 Å². The number of hydrogen-bond donors (Lipinski definition) is 1. The molecule has 1 heterocycles. The molecule has 0 aliphatic carbocycles. The number of nitrogens with zero attached hydrogens (tertiary/aromatic N) is 1. The molecule has 0 bridgehead atoms. The Morgan fingerprint density at radius 3 is 2.67 bits per heavy atom. The molecule has 0 atom stereocenters. The third-order valence-electron chi connectivity index (χ3n) is 3.43. The van der Waals surface area contributed by atoms with Gasteiger partial charge < -0.3 is 5.32 Å². The number of thiazole rings is 1. The van der Waals surface area contributed by atoms with Gasteiger partial charge in [-0.25, -0.2) is 9.37 Å². The maximum atomic E-state index is 13.5. The second-order valence-corrected chi connectivity index (χ2v) is 6.43. The Morgan fingerprint density at radius 1 is 1.17 bits per heavy atom. The van der Waals surface area contributed by atoms with Crippen LogP contribution in [0.1, 0.15) is 16.1 Å². The second kappa shape index (κ2) is 7.55. The van der Waals surface area contributed by atoms with E-state index in [1.54, 1.807) is 12.1 Å². The van der Waals surface area contributed by atoms with E-state index in [1.807, 2.05) is 29.6 Å². The summed E-state index contributed by atoms with van der Waals surface area (Å²) in [4.78, 5) is 16.5. The number of benzene rings is 2. The lowest BCUT2D eigenvalue weighted by molar-refractivity contribution is 0.0950. The third-order valence-corrected chi connectivity index (χ3v) is 4.62. The van der Waals surface area contributed by atoms with Crippen LogP contribution >= 0.6 is 22.9 Å². The molecule has 0 fully saturated rings. The van der Waals surface area contributed by atoms with E-state index in [2.05, 4.69) is 10.3 Å². The van der Waals surface area contributed by atoms with Crippen LogP contribution in [-0.2, 0) is 6.42 Å². The Bertz CT molecular complexity index is 848. The molecular weight excluding hydrogens is 347 g/mol. The van der Waals surface area contributed by atoms with E-state index in [0.717, 1.165) is 16.3 Å². The second-order valence-electron chi connectivity index (χ2n) is 5.14. The van der Waals surface area contributed by atoms with Gasteiger partial charge in [-0.05, 0) is 24.3 Å². The summed E-state index contributed by atoms with van der Waals surface area (Å²) in [7, 11) is 0. The van der Waals surface area contributed by atoms with Crippen molar-refractivity contribution in [2.45, 2.75) is 6.42 Å². The van der Waals surface area contributed by atoms with Crippen LogP contribution in [0, 0.1) is 5.82 Å². The van der Waals surface area contributed by atoms with Gasteiger partial charge in [0, 0.05) is 28.9 Å². The highest BCUT2D eigenvalue weighted by atomic mass is 35.5. The predicted octanol–water partition coefficient (Wildman–Crippen LogP) is 4.58. The van der Waals surface area contributed by atoms with E-state index in [1.165, 1.54) is 23.5 Å². The molecule has 1 N–H and O–H groups in total. The molecule has 0 aliphatic heterocycles. The molecule has 6 heteroatoms. The first-order chi connectivity index (χ1) is 11.6. The summed E-state index contributed by atoms with van der Waals surface area (Å²) < 4.78 is 13.5. The number of rotatable bonds is 5. The molecule has 122 valence electrons. The van der Waals surface area contributed by atoms with Gasteiger partial charge in [0.25, 0.3) is 5.91 Å². The highest BCUT2D eigenvalue weighted by Crippen LogP contribution is 2.25. The third kappa shape index (κ3) is 3.99. The summed E-state index contributed by atoms with van der Waals surface area (Å²) in [6.07, 6.45) is 0.588. The number of aromatic nitrogens is 1. The van der Waals surface area contributed by atoms with Crippen LogP contribution in [0.25, 0.3) is 10.6 Å². The van der Waals surface area contributed by atoms with Gasteiger partial charge in [0.2, 0.25) is 0 Å². The van der Waals surface area contributed by atoms with Gasteiger partial charge in [0.1, 0.15) is 10.8 Å². The standard InChI is InChI=1S/C18H14ClFN2OS/c19-13-7-5-12(6-8-13)18-22-14(11-24-18)9-10-21-17(23)15-3-1-2-4-16(15)20/h1-8,11H,9-10H2,(H,21,23). The van der Waals surface area contributed by atoms with Gasteiger partial charge in [-0.3, -0.25) is 4.79 Å². The number of carbonyl (C=O) groups is 1. The van der Waals surface area contributed by atoms with Gasteiger partial charge in [0.15, 0.2) is 0 Å². The highest BCUT2D eigenvalue weighted by Gasteiger charge is 2.10. The summed E-state index contributed by atoms with van der Waals surface area (Å²) in [5, 5.41) is 6.26. The number of amides is 1. The lowest BCUT2D eigenvalue weighted by Crippen LogP contribution is -2.26. The predicted molar refractivity (Wildman–Crippen MR) is 95.0 cm³/mol. The molecule has 1 aromatic heterocycles. The van der Waals surface area contributed by atoms with Gasteiger partial charge in [-0.2, -0.15) is 0 Å². The molecule has 0 saturated heterocycles. The first-order valence-electron chi connectivity index (χ1n) is 7.36. The molecule has 3 rings (SSSR count).